The molecule has 0 atom stereocenters. The largest absolute Gasteiger partial charge is 0.493 e. The number of benzene rings is 2. The zero-order chi connectivity index (χ0) is 17.8. The summed E-state index contributed by atoms with van der Waals surface area (Å²) in [5, 5.41) is 1.01. The molecule has 1 aliphatic rings. The fourth-order valence-corrected chi connectivity index (χ4v) is 2.43. The van der Waals surface area contributed by atoms with E-state index in [2.05, 4.69) is 31.2 Å². The van der Waals surface area contributed by atoms with Crippen molar-refractivity contribution < 1.29 is 13.9 Å². The zero-order valence-electron chi connectivity index (χ0n) is 15.5. The van der Waals surface area contributed by atoms with E-state index in [0.29, 0.717) is 11.5 Å². The summed E-state index contributed by atoms with van der Waals surface area (Å²) in [6.07, 6.45) is 4.55. The average Bonchev–Trinajstić information content (AvgIpc) is 3.41. The van der Waals surface area contributed by atoms with E-state index in [1.165, 1.54) is 24.8 Å². The minimum Gasteiger partial charge on any atom is -0.493 e. The van der Waals surface area contributed by atoms with Crippen molar-refractivity contribution in [1.29, 1.82) is 0 Å². The maximum atomic E-state index is 6.06. The fourth-order valence-electron chi connectivity index (χ4n) is 2.43. The van der Waals surface area contributed by atoms with Gasteiger partial charge in [-0.25, -0.2) is 0 Å². The van der Waals surface area contributed by atoms with Crippen LogP contribution in [0.2, 0.25) is 0 Å². The van der Waals surface area contributed by atoms with E-state index in [-0.39, 0.29) is 6.10 Å². The van der Waals surface area contributed by atoms with E-state index >= 15 is 0 Å². The Morgan fingerprint density at radius 1 is 0.960 bits per heavy atom. The first-order chi connectivity index (χ1) is 12.1. The van der Waals surface area contributed by atoms with Gasteiger partial charge in [0.05, 0.1) is 13.2 Å². The van der Waals surface area contributed by atoms with Crippen LogP contribution in [0.1, 0.15) is 38.7 Å². The quantitative estimate of drug-likeness (QED) is 0.553. The van der Waals surface area contributed by atoms with Gasteiger partial charge >= 0.3 is 0 Å². The summed E-state index contributed by atoms with van der Waals surface area (Å²) < 4.78 is 17.4. The average molecular weight is 338 g/mol. The van der Waals surface area contributed by atoms with Crippen molar-refractivity contribution in [3.63, 3.8) is 0 Å². The summed E-state index contributed by atoms with van der Waals surface area (Å²) in [6, 6.07) is 14.2. The Morgan fingerprint density at radius 2 is 1.64 bits per heavy atom. The molecule has 2 aromatic carbocycles. The maximum Gasteiger partial charge on any atom is 0.205 e. The van der Waals surface area contributed by atoms with E-state index in [4.69, 9.17) is 13.9 Å². The highest BCUT2D eigenvalue weighted by Gasteiger charge is 2.16. The van der Waals surface area contributed by atoms with E-state index < -0.39 is 0 Å². The van der Waals surface area contributed by atoms with Crippen LogP contribution < -0.4 is 9.47 Å². The molecule has 0 spiro atoms. The third-order valence-electron chi connectivity index (χ3n) is 3.87. The van der Waals surface area contributed by atoms with Gasteiger partial charge in [0.2, 0.25) is 5.75 Å². The van der Waals surface area contributed by atoms with Crippen molar-refractivity contribution in [2.75, 3.05) is 7.11 Å². The Morgan fingerprint density at radius 3 is 2.20 bits per heavy atom. The first-order valence-electron chi connectivity index (χ1n) is 8.92. The molecular weight excluding hydrogens is 312 g/mol. The maximum absolute atomic E-state index is 6.06. The van der Waals surface area contributed by atoms with Crippen LogP contribution in [-0.4, -0.2) is 13.2 Å². The molecule has 1 aromatic heterocycles. The third-order valence-corrected chi connectivity index (χ3v) is 3.87. The molecule has 3 heteroatoms. The Kier molecular flexibility index (Phi) is 5.32. The topological polar surface area (TPSA) is 31.6 Å². The van der Waals surface area contributed by atoms with E-state index in [1.807, 2.05) is 32.0 Å². The molecule has 3 aromatic rings. The van der Waals surface area contributed by atoms with Gasteiger partial charge in [-0.3, -0.25) is 0 Å². The number of furan rings is 1. The highest BCUT2D eigenvalue weighted by atomic mass is 16.5. The number of fused-ring (bicyclic) bond motifs is 1. The number of rotatable bonds is 4. The molecule has 0 bridgehead atoms. The van der Waals surface area contributed by atoms with Crippen LogP contribution in [0.15, 0.2) is 46.9 Å². The van der Waals surface area contributed by atoms with Crippen molar-refractivity contribution >= 4 is 11.0 Å². The van der Waals surface area contributed by atoms with Crippen LogP contribution in [0.5, 0.6) is 11.5 Å². The highest BCUT2D eigenvalue weighted by molar-refractivity contribution is 5.89. The first-order valence-corrected chi connectivity index (χ1v) is 8.92. The van der Waals surface area contributed by atoms with Crippen molar-refractivity contribution in [2.45, 2.75) is 46.1 Å². The lowest BCUT2D eigenvalue weighted by Gasteiger charge is -2.13. The standard InChI is InChI=1S/C19H20O3.C3H6/c1-12(2)21-19-16(20-4)10-9-15-11-17(22-18(15)19)14-7-5-13(3)6-8-14;1-2-3-1/h5-12H,1-4H3;1-3H2. The zero-order valence-corrected chi connectivity index (χ0v) is 15.5. The van der Waals surface area contributed by atoms with Crippen LogP contribution in [0, 0.1) is 6.92 Å². The van der Waals surface area contributed by atoms with Gasteiger partial charge in [0.15, 0.2) is 11.3 Å². The van der Waals surface area contributed by atoms with Crippen molar-refractivity contribution in [2.24, 2.45) is 0 Å². The smallest absolute Gasteiger partial charge is 0.205 e. The first kappa shape index (κ1) is 17.4. The van der Waals surface area contributed by atoms with Gasteiger partial charge < -0.3 is 13.9 Å². The number of hydrogen-bond acceptors (Lipinski definition) is 3. The monoisotopic (exact) mass is 338 g/mol. The predicted molar refractivity (Wildman–Crippen MR) is 103 cm³/mol. The predicted octanol–water partition coefficient (Wildman–Crippen LogP) is 6.37. The second-order valence-electron chi connectivity index (χ2n) is 6.72. The molecule has 4 rings (SSSR count). The molecule has 25 heavy (non-hydrogen) atoms. The molecule has 3 nitrogen and oxygen atoms in total. The Bertz CT molecular complexity index is 824. The molecule has 0 amide bonds. The minimum atomic E-state index is 0.0485. The summed E-state index contributed by atoms with van der Waals surface area (Å²) in [4.78, 5) is 0. The molecule has 1 aliphatic carbocycles. The van der Waals surface area contributed by atoms with Crippen LogP contribution in [0.3, 0.4) is 0 Å². The molecule has 1 heterocycles. The summed E-state index contributed by atoms with van der Waals surface area (Å²) in [6.45, 7) is 6.05. The van der Waals surface area contributed by atoms with Crippen molar-refractivity contribution in [1.82, 2.24) is 0 Å². The lowest BCUT2D eigenvalue weighted by molar-refractivity contribution is 0.230. The molecular formula is C22H26O3. The van der Waals surface area contributed by atoms with Gasteiger partial charge in [-0.1, -0.05) is 49.1 Å². The van der Waals surface area contributed by atoms with Crippen LogP contribution in [0.4, 0.5) is 0 Å². The van der Waals surface area contributed by atoms with Gasteiger partial charge in [-0.15, -0.1) is 0 Å². The van der Waals surface area contributed by atoms with Gasteiger partial charge in [-0.05, 0) is 39.0 Å². The lowest BCUT2D eigenvalue weighted by atomic mass is 10.1. The second kappa shape index (κ2) is 7.64. The summed E-state index contributed by atoms with van der Waals surface area (Å²) in [7, 11) is 1.64. The number of methoxy groups -OCH3 is 1. The molecule has 0 N–H and O–H groups in total. The third kappa shape index (κ3) is 4.36. The lowest BCUT2D eigenvalue weighted by Crippen LogP contribution is -2.06. The van der Waals surface area contributed by atoms with Gasteiger partial charge in [0, 0.05) is 10.9 Å². The van der Waals surface area contributed by atoms with Crippen LogP contribution >= 0.6 is 0 Å². The molecule has 1 fully saturated rings. The van der Waals surface area contributed by atoms with Crippen LogP contribution in [-0.2, 0) is 0 Å². The van der Waals surface area contributed by atoms with Gasteiger partial charge in [0.25, 0.3) is 0 Å². The van der Waals surface area contributed by atoms with Gasteiger partial charge in [-0.2, -0.15) is 0 Å². The molecule has 0 saturated heterocycles. The molecule has 0 aliphatic heterocycles. The van der Waals surface area contributed by atoms with Crippen molar-refractivity contribution in [3.8, 4) is 22.8 Å². The van der Waals surface area contributed by atoms with E-state index in [1.54, 1.807) is 7.11 Å². The van der Waals surface area contributed by atoms with E-state index in [0.717, 1.165) is 22.3 Å². The fraction of sp³-hybridized carbons (Fsp3) is 0.364. The van der Waals surface area contributed by atoms with Gasteiger partial charge in [0.1, 0.15) is 5.76 Å². The Labute approximate surface area is 149 Å². The molecule has 132 valence electrons. The Hall–Kier alpha value is -2.42. The van der Waals surface area contributed by atoms with Crippen molar-refractivity contribution in [3.05, 3.63) is 48.0 Å². The number of aryl methyl sites for hydroxylation is 1. The summed E-state index contributed by atoms with van der Waals surface area (Å²) >= 11 is 0. The van der Waals surface area contributed by atoms with Crippen LogP contribution in [0.25, 0.3) is 22.3 Å². The van der Waals surface area contributed by atoms with E-state index in [9.17, 15) is 0 Å². The molecule has 0 unspecified atom stereocenters. The second-order valence-corrected chi connectivity index (χ2v) is 6.72. The minimum absolute atomic E-state index is 0.0485. The number of ether oxygens (including phenoxy) is 2. The highest BCUT2D eigenvalue weighted by Crippen LogP contribution is 2.40. The SMILES string of the molecule is C1CC1.COc1ccc2cc(-c3ccc(C)cc3)oc2c1OC(C)C. The Balaban J connectivity index is 0.000000549. The molecule has 0 radical (unpaired) electrons. The normalized spacial score (nSPS) is 12.7. The molecule has 1 saturated carbocycles. The summed E-state index contributed by atoms with van der Waals surface area (Å²) in [5.74, 6) is 2.18. The number of hydrogen-bond donors (Lipinski definition) is 0. The summed E-state index contributed by atoms with van der Waals surface area (Å²) in [5.41, 5.74) is 3.00.